The highest BCUT2D eigenvalue weighted by Gasteiger charge is 2.35. The van der Waals surface area contributed by atoms with Gasteiger partial charge in [0.2, 0.25) is 0 Å². The minimum absolute atomic E-state index is 0. The van der Waals surface area contributed by atoms with E-state index in [2.05, 4.69) is 4.90 Å². The lowest BCUT2D eigenvalue weighted by molar-refractivity contribution is -0.0651. The van der Waals surface area contributed by atoms with Crippen LogP contribution in [0.1, 0.15) is 41.2 Å². The summed E-state index contributed by atoms with van der Waals surface area (Å²) in [5.74, 6) is 0.689. The summed E-state index contributed by atoms with van der Waals surface area (Å²) in [5.41, 5.74) is 9.65. The molecule has 4 rings (SSSR count). The molecule has 0 saturated carbocycles. The van der Waals surface area contributed by atoms with Crippen LogP contribution in [0.25, 0.3) is 0 Å². The lowest BCUT2D eigenvalue weighted by Crippen LogP contribution is -2.42. The molecular formula is C23H31Br2FN2O2. The molecule has 0 aliphatic carbocycles. The molecule has 2 aromatic rings. The molecule has 0 bridgehead atoms. The first-order valence-electron chi connectivity index (χ1n) is 10.2. The summed E-state index contributed by atoms with van der Waals surface area (Å²) in [6.45, 7) is 4.85. The number of halogens is 3. The van der Waals surface area contributed by atoms with Crippen LogP contribution in [0.2, 0.25) is 0 Å². The number of aromatic hydroxyl groups is 1. The third-order valence-electron chi connectivity index (χ3n) is 6.34. The van der Waals surface area contributed by atoms with Crippen LogP contribution in [0, 0.1) is 18.7 Å². The summed E-state index contributed by atoms with van der Waals surface area (Å²) in [6, 6.07) is 11.0. The van der Waals surface area contributed by atoms with Gasteiger partial charge in [-0.25, -0.2) is 4.39 Å². The standard InChI is InChI=1S/C23H29FN2O2.2BrH/c1-15-6-7-18-19(23(15)27)12-21(28-22(18)13-25)16-8-10-26(11-9-16)14-17-4-2-3-5-20(17)24;;/h2-7,16,21-22,27H,8-14,25H2,1H3;2*1H/t21-,22-;;/m0../s1. The first kappa shape index (κ1) is 25.3. The van der Waals surface area contributed by atoms with Gasteiger partial charge in [0, 0.05) is 30.6 Å². The van der Waals surface area contributed by atoms with Crippen molar-refractivity contribution in [2.45, 2.75) is 44.9 Å². The van der Waals surface area contributed by atoms with E-state index in [4.69, 9.17) is 10.5 Å². The Morgan fingerprint density at radius 1 is 1.13 bits per heavy atom. The number of rotatable bonds is 4. The van der Waals surface area contributed by atoms with Crippen molar-refractivity contribution >= 4 is 34.0 Å². The Balaban J connectivity index is 0.00000160. The number of likely N-dealkylation sites (tertiary alicyclic amines) is 1. The molecule has 166 valence electrons. The van der Waals surface area contributed by atoms with Crippen molar-refractivity contribution in [3.63, 3.8) is 0 Å². The Morgan fingerprint density at radius 3 is 2.50 bits per heavy atom. The normalized spacial score (nSPS) is 22.0. The number of hydrogen-bond donors (Lipinski definition) is 2. The summed E-state index contributed by atoms with van der Waals surface area (Å²) in [6.07, 6.45) is 2.68. The number of hydrogen-bond acceptors (Lipinski definition) is 4. The largest absolute Gasteiger partial charge is 0.507 e. The molecular weight excluding hydrogens is 515 g/mol. The number of fused-ring (bicyclic) bond motifs is 1. The fraction of sp³-hybridized carbons (Fsp3) is 0.478. The van der Waals surface area contributed by atoms with Crippen LogP contribution < -0.4 is 5.73 Å². The molecule has 4 nitrogen and oxygen atoms in total. The van der Waals surface area contributed by atoms with Crippen molar-refractivity contribution in [3.8, 4) is 5.75 Å². The van der Waals surface area contributed by atoms with Gasteiger partial charge in [0.15, 0.2) is 0 Å². The molecule has 0 aromatic heterocycles. The lowest BCUT2D eigenvalue weighted by Gasteiger charge is -2.40. The van der Waals surface area contributed by atoms with Gasteiger partial charge in [0.05, 0.1) is 12.2 Å². The van der Waals surface area contributed by atoms with E-state index in [0.29, 0.717) is 24.8 Å². The summed E-state index contributed by atoms with van der Waals surface area (Å²) in [4.78, 5) is 2.31. The minimum atomic E-state index is -0.156. The fourth-order valence-corrected chi connectivity index (χ4v) is 4.63. The van der Waals surface area contributed by atoms with Crippen molar-refractivity contribution in [2.75, 3.05) is 19.6 Å². The fourth-order valence-electron chi connectivity index (χ4n) is 4.63. The van der Waals surface area contributed by atoms with E-state index >= 15 is 0 Å². The summed E-state index contributed by atoms with van der Waals surface area (Å²) in [7, 11) is 0. The number of aryl methyl sites for hydroxylation is 1. The maximum Gasteiger partial charge on any atom is 0.127 e. The average Bonchev–Trinajstić information content (AvgIpc) is 2.72. The number of nitrogens with two attached hydrogens (primary N) is 1. The predicted octanol–water partition coefficient (Wildman–Crippen LogP) is 4.85. The van der Waals surface area contributed by atoms with Gasteiger partial charge in [-0.1, -0.05) is 30.3 Å². The zero-order chi connectivity index (χ0) is 19.7. The van der Waals surface area contributed by atoms with Crippen LogP contribution in [-0.2, 0) is 17.7 Å². The smallest absolute Gasteiger partial charge is 0.127 e. The molecule has 0 spiro atoms. The molecule has 2 aromatic carbocycles. The van der Waals surface area contributed by atoms with Gasteiger partial charge in [-0.3, -0.25) is 4.90 Å². The van der Waals surface area contributed by atoms with Gasteiger partial charge in [0.1, 0.15) is 11.6 Å². The Hall–Kier alpha value is -0.990. The highest BCUT2D eigenvalue weighted by Crippen LogP contribution is 2.40. The third kappa shape index (κ3) is 5.25. The van der Waals surface area contributed by atoms with Crippen molar-refractivity contribution in [2.24, 2.45) is 11.7 Å². The molecule has 1 saturated heterocycles. The average molecular weight is 546 g/mol. The lowest BCUT2D eigenvalue weighted by atomic mass is 9.83. The van der Waals surface area contributed by atoms with Crippen LogP contribution in [0.15, 0.2) is 36.4 Å². The van der Waals surface area contributed by atoms with Crippen molar-refractivity contribution in [3.05, 3.63) is 64.5 Å². The quantitative estimate of drug-likeness (QED) is 0.576. The van der Waals surface area contributed by atoms with E-state index in [1.807, 2.05) is 31.2 Å². The minimum Gasteiger partial charge on any atom is -0.507 e. The number of ether oxygens (including phenoxy) is 1. The summed E-state index contributed by atoms with van der Waals surface area (Å²) < 4.78 is 20.3. The topological polar surface area (TPSA) is 58.7 Å². The molecule has 0 unspecified atom stereocenters. The highest BCUT2D eigenvalue weighted by molar-refractivity contribution is 8.93. The molecule has 0 radical (unpaired) electrons. The third-order valence-corrected chi connectivity index (χ3v) is 6.34. The first-order chi connectivity index (χ1) is 13.6. The number of piperidine rings is 1. The summed E-state index contributed by atoms with van der Waals surface area (Å²) in [5, 5.41) is 10.6. The van der Waals surface area contributed by atoms with Crippen LogP contribution in [0.3, 0.4) is 0 Å². The Kier molecular flexibility index (Phi) is 9.31. The van der Waals surface area contributed by atoms with Gasteiger partial charge in [0.25, 0.3) is 0 Å². The number of phenols is 1. The van der Waals surface area contributed by atoms with Crippen LogP contribution in [-0.4, -0.2) is 35.7 Å². The first-order valence-corrected chi connectivity index (χ1v) is 10.2. The van der Waals surface area contributed by atoms with Gasteiger partial charge in [-0.2, -0.15) is 0 Å². The number of nitrogens with zero attached hydrogens (tertiary/aromatic N) is 1. The van der Waals surface area contributed by atoms with E-state index in [1.165, 1.54) is 6.07 Å². The second-order valence-electron chi connectivity index (χ2n) is 8.11. The second kappa shape index (κ2) is 11.0. The molecule has 2 aliphatic heterocycles. The van der Waals surface area contributed by atoms with E-state index in [-0.39, 0.29) is 52.0 Å². The maximum absolute atomic E-state index is 13.9. The van der Waals surface area contributed by atoms with E-state index in [0.717, 1.165) is 54.6 Å². The van der Waals surface area contributed by atoms with Crippen molar-refractivity contribution in [1.29, 1.82) is 0 Å². The van der Waals surface area contributed by atoms with Crippen LogP contribution in [0.4, 0.5) is 4.39 Å². The predicted molar refractivity (Wildman–Crippen MR) is 128 cm³/mol. The Bertz CT molecular complexity index is 844. The molecule has 2 heterocycles. The van der Waals surface area contributed by atoms with E-state index in [9.17, 15) is 9.50 Å². The highest BCUT2D eigenvalue weighted by atomic mass is 79.9. The molecule has 3 N–H and O–H groups in total. The molecule has 2 atom stereocenters. The van der Waals surface area contributed by atoms with E-state index in [1.54, 1.807) is 6.07 Å². The van der Waals surface area contributed by atoms with Crippen molar-refractivity contribution in [1.82, 2.24) is 4.90 Å². The molecule has 1 fully saturated rings. The maximum atomic E-state index is 13.9. The van der Waals surface area contributed by atoms with Gasteiger partial charge < -0.3 is 15.6 Å². The molecule has 30 heavy (non-hydrogen) atoms. The Morgan fingerprint density at radius 2 is 1.83 bits per heavy atom. The van der Waals surface area contributed by atoms with Gasteiger partial charge in [-0.05, 0) is 56.0 Å². The van der Waals surface area contributed by atoms with Crippen LogP contribution in [0.5, 0.6) is 5.75 Å². The van der Waals surface area contributed by atoms with E-state index < -0.39 is 0 Å². The second-order valence-corrected chi connectivity index (χ2v) is 8.11. The van der Waals surface area contributed by atoms with Gasteiger partial charge >= 0.3 is 0 Å². The van der Waals surface area contributed by atoms with Gasteiger partial charge in [-0.15, -0.1) is 34.0 Å². The zero-order valence-electron chi connectivity index (χ0n) is 17.2. The number of phenolic OH excluding ortho intramolecular Hbond substituents is 1. The summed E-state index contributed by atoms with van der Waals surface area (Å²) >= 11 is 0. The SMILES string of the molecule is Br.Br.Cc1ccc2c(c1O)C[C@@H](C1CCN(Cc3ccccc3F)CC1)O[C@H]2CN. The van der Waals surface area contributed by atoms with Crippen molar-refractivity contribution < 1.29 is 14.2 Å². The number of benzene rings is 2. The van der Waals surface area contributed by atoms with Crippen LogP contribution >= 0.6 is 34.0 Å². The molecule has 0 amide bonds. The molecule has 2 aliphatic rings. The molecule has 7 heteroatoms. The zero-order valence-corrected chi connectivity index (χ0v) is 20.6. The Labute approximate surface area is 199 Å². The monoisotopic (exact) mass is 544 g/mol.